The summed E-state index contributed by atoms with van der Waals surface area (Å²) >= 11 is 0. The Hall–Kier alpha value is -2.88. The van der Waals surface area contributed by atoms with E-state index in [4.69, 9.17) is 4.74 Å². The molecule has 0 fully saturated rings. The first-order chi connectivity index (χ1) is 11.2. The van der Waals surface area contributed by atoms with Crippen LogP contribution in [0.2, 0.25) is 0 Å². The van der Waals surface area contributed by atoms with E-state index < -0.39 is 0 Å². The average Bonchev–Trinajstić information content (AvgIpc) is 2.58. The first-order valence-electron chi connectivity index (χ1n) is 7.44. The molecule has 0 aliphatic rings. The summed E-state index contributed by atoms with van der Waals surface area (Å²) in [4.78, 5) is 12.6. The van der Waals surface area contributed by atoms with Crippen LogP contribution in [0, 0.1) is 6.92 Å². The average molecular weight is 306 g/mol. The summed E-state index contributed by atoms with van der Waals surface area (Å²) in [6.07, 6.45) is 1.69. The van der Waals surface area contributed by atoms with Crippen LogP contribution < -0.4 is 10.3 Å². The molecule has 1 aromatic heterocycles. The van der Waals surface area contributed by atoms with Gasteiger partial charge in [0.05, 0.1) is 19.9 Å². The highest BCUT2D eigenvalue weighted by Crippen LogP contribution is 2.26. The second kappa shape index (κ2) is 6.48. The second-order valence-electron chi connectivity index (χ2n) is 5.41. The van der Waals surface area contributed by atoms with E-state index in [1.54, 1.807) is 6.20 Å². The maximum absolute atomic E-state index is 12.6. The van der Waals surface area contributed by atoms with E-state index in [-0.39, 0.29) is 5.56 Å². The van der Waals surface area contributed by atoms with Crippen molar-refractivity contribution in [3.63, 3.8) is 0 Å². The van der Waals surface area contributed by atoms with Gasteiger partial charge in [-0.1, -0.05) is 60.2 Å². The summed E-state index contributed by atoms with van der Waals surface area (Å²) < 4.78 is 6.79. The molecule has 116 valence electrons. The maximum Gasteiger partial charge on any atom is 0.310 e. The number of methoxy groups -OCH3 is 1. The molecule has 0 saturated heterocycles. The molecule has 0 N–H and O–H groups in total. The van der Waals surface area contributed by atoms with Gasteiger partial charge in [-0.15, -0.1) is 0 Å². The summed E-state index contributed by atoms with van der Waals surface area (Å²) in [6.45, 7) is 2.45. The monoisotopic (exact) mass is 306 g/mol. The fourth-order valence-electron chi connectivity index (χ4n) is 2.48. The number of aromatic nitrogens is 2. The van der Waals surface area contributed by atoms with Crippen LogP contribution in [-0.2, 0) is 6.54 Å². The Morgan fingerprint density at radius 3 is 2.39 bits per heavy atom. The Kier molecular flexibility index (Phi) is 4.24. The van der Waals surface area contributed by atoms with E-state index in [2.05, 4.69) is 5.10 Å². The third-order valence-corrected chi connectivity index (χ3v) is 3.74. The third-order valence-electron chi connectivity index (χ3n) is 3.74. The Morgan fingerprint density at radius 1 is 1.04 bits per heavy atom. The van der Waals surface area contributed by atoms with E-state index in [0.717, 1.165) is 16.7 Å². The van der Waals surface area contributed by atoms with Crippen LogP contribution in [0.3, 0.4) is 0 Å². The van der Waals surface area contributed by atoms with E-state index in [1.807, 2.05) is 61.5 Å². The number of nitrogens with zero attached hydrogens (tertiary/aromatic N) is 2. The summed E-state index contributed by atoms with van der Waals surface area (Å²) in [5.41, 5.74) is 3.59. The number of hydrogen-bond acceptors (Lipinski definition) is 3. The van der Waals surface area contributed by atoms with Gasteiger partial charge in [-0.2, -0.15) is 5.10 Å². The van der Waals surface area contributed by atoms with Gasteiger partial charge in [-0.25, -0.2) is 4.68 Å². The molecule has 0 aliphatic heterocycles. The lowest BCUT2D eigenvalue weighted by molar-refractivity contribution is 0.400. The van der Waals surface area contributed by atoms with E-state index >= 15 is 0 Å². The highest BCUT2D eigenvalue weighted by atomic mass is 16.5. The summed E-state index contributed by atoms with van der Waals surface area (Å²) in [5, 5.41) is 4.31. The number of ether oxygens (including phenoxy) is 1. The van der Waals surface area contributed by atoms with Gasteiger partial charge < -0.3 is 4.74 Å². The first-order valence-corrected chi connectivity index (χ1v) is 7.44. The van der Waals surface area contributed by atoms with Gasteiger partial charge in [0.15, 0.2) is 5.75 Å². The summed E-state index contributed by atoms with van der Waals surface area (Å²) in [7, 11) is 1.52. The lowest BCUT2D eigenvalue weighted by atomic mass is 10.1. The molecule has 4 heteroatoms. The standard InChI is InChI=1S/C19H18N2O2/c1-14-8-10-16(11-9-14)17-12-20-21(19(22)18(17)23-2)13-15-6-4-3-5-7-15/h3-12H,13H2,1-2H3. The molecule has 0 spiro atoms. The topological polar surface area (TPSA) is 44.1 Å². The number of benzene rings is 2. The number of hydrogen-bond donors (Lipinski definition) is 0. The summed E-state index contributed by atoms with van der Waals surface area (Å²) in [6, 6.07) is 17.7. The molecule has 0 radical (unpaired) electrons. The van der Waals surface area contributed by atoms with E-state index in [0.29, 0.717) is 17.9 Å². The smallest absolute Gasteiger partial charge is 0.310 e. The van der Waals surface area contributed by atoms with Crippen LogP contribution in [0.4, 0.5) is 0 Å². The zero-order valence-corrected chi connectivity index (χ0v) is 13.2. The molecule has 1 heterocycles. The fraction of sp³-hybridized carbons (Fsp3) is 0.158. The quantitative estimate of drug-likeness (QED) is 0.743. The van der Waals surface area contributed by atoms with Crippen molar-refractivity contribution in [2.75, 3.05) is 7.11 Å². The van der Waals surface area contributed by atoms with Crippen molar-refractivity contribution in [3.8, 4) is 16.9 Å². The highest BCUT2D eigenvalue weighted by molar-refractivity contribution is 5.69. The minimum Gasteiger partial charge on any atom is -0.491 e. The van der Waals surface area contributed by atoms with Crippen molar-refractivity contribution in [1.82, 2.24) is 9.78 Å². The second-order valence-corrected chi connectivity index (χ2v) is 5.41. The number of aryl methyl sites for hydroxylation is 1. The Bertz CT molecular complexity index is 853. The summed E-state index contributed by atoms with van der Waals surface area (Å²) in [5.74, 6) is 0.319. The van der Waals surface area contributed by atoms with E-state index in [1.165, 1.54) is 11.8 Å². The van der Waals surface area contributed by atoms with Gasteiger partial charge in [0.2, 0.25) is 0 Å². The van der Waals surface area contributed by atoms with Gasteiger partial charge in [0.1, 0.15) is 0 Å². The van der Waals surface area contributed by atoms with Crippen molar-refractivity contribution < 1.29 is 4.74 Å². The molecule has 4 nitrogen and oxygen atoms in total. The first kappa shape index (κ1) is 15.0. The lowest BCUT2D eigenvalue weighted by Crippen LogP contribution is -2.25. The van der Waals surface area contributed by atoms with Crippen LogP contribution in [0.25, 0.3) is 11.1 Å². The minimum atomic E-state index is -0.227. The fourth-order valence-corrected chi connectivity index (χ4v) is 2.48. The molecule has 0 amide bonds. The van der Waals surface area contributed by atoms with E-state index in [9.17, 15) is 4.79 Å². The Labute approximate surface area is 135 Å². The van der Waals surface area contributed by atoms with Crippen LogP contribution in [0.5, 0.6) is 5.75 Å². The predicted molar refractivity (Wildman–Crippen MR) is 90.8 cm³/mol. The van der Waals surface area contributed by atoms with Gasteiger partial charge in [0.25, 0.3) is 0 Å². The molecule has 0 bridgehead atoms. The molecule has 0 saturated carbocycles. The van der Waals surface area contributed by atoms with Crippen molar-refractivity contribution in [2.24, 2.45) is 0 Å². The molecule has 2 aromatic carbocycles. The van der Waals surface area contributed by atoms with Crippen LogP contribution in [-0.4, -0.2) is 16.9 Å². The van der Waals surface area contributed by atoms with Gasteiger partial charge in [-0.3, -0.25) is 4.79 Å². The molecule has 0 aliphatic carbocycles. The SMILES string of the molecule is COc1c(-c2ccc(C)cc2)cnn(Cc2ccccc2)c1=O. The lowest BCUT2D eigenvalue weighted by Gasteiger charge is -2.11. The van der Waals surface area contributed by atoms with Gasteiger partial charge >= 0.3 is 5.56 Å². The van der Waals surface area contributed by atoms with Crippen molar-refractivity contribution in [3.05, 3.63) is 82.3 Å². The molecule has 23 heavy (non-hydrogen) atoms. The van der Waals surface area contributed by atoms with Crippen molar-refractivity contribution >= 4 is 0 Å². The zero-order chi connectivity index (χ0) is 16.2. The molecule has 3 aromatic rings. The highest BCUT2D eigenvalue weighted by Gasteiger charge is 2.13. The van der Waals surface area contributed by atoms with Crippen molar-refractivity contribution in [1.29, 1.82) is 0 Å². The van der Waals surface area contributed by atoms with Crippen LogP contribution in [0.15, 0.2) is 65.6 Å². The minimum absolute atomic E-state index is 0.227. The molecular weight excluding hydrogens is 288 g/mol. The number of rotatable bonds is 4. The third kappa shape index (κ3) is 3.16. The predicted octanol–water partition coefficient (Wildman–Crippen LogP) is 3.28. The maximum atomic E-state index is 12.6. The van der Waals surface area contributed by atoms with Crippen LogP contribution >= 0.6 is 0 Å². The molecule has 3 rings (SSSR count). The van der Waals surface area contributed by atoms with Gasteiger partial charge in [0, 0.05) is 5.56 Å². The zero-order valence-electron chi connectivity index (χ0n) is 13.2. The van der Waals surface area contributed by atoms with Gasteiger partial charge in [-0.05, 0) is 18.1 Å². The Morgan fingerprint density at radius 2 is 1.74 bits per heavy atom. The van der Waals surface area contributed by atoms with Crippen LogP contribution in [0.1, 0.15) is 11.1 Å². The Balaban J connectivity index is 2.03. The largest absolute Gasteiger partial charge is 0.491 e. The normalized spacial score (nSPS) is 10.5. The molecule has 0 unspecified atom stereocenters. The molecule has 0 atom stereocenters. The van der Waals surface area contributed by atoms with Crippen molar-refractivity contribution in [2.45, 2.75) is 13.5 Å². The molecular formula is C19H18N2O2.